The van der Waals surface area contributed by atoms with Crippen LogP contribution in [0, 0.1) is 11.3 Å². The largest absolute Gasteiger partial charge is 0.348 e. The minimum absolute atomic E-state index is 0.205. The molecule has 0 fully saturated rings. The molecule has 0 unspecified atom stereocenters. The number of benzene rings is 1. The summed E-state index contributed by atoms with van der Waals surface area (Å²) in [7, 11) is 0. The van der Waals surface area contributed by atoms with Gasteiger partial charge < -0.3 is 5.32 Å². The van der Waals surface area contributed by atoms with Crippen molar-refractivity contribution in [1.29, 1.82) is 5.26 Å². The van der Waals surface area contributed by atoms with Crippen LogP contribution in [0.3, 0.4) is 0 Å². The summed E-state index contributed by atoms with van der Waals surface area (Å²) in [5.74, 6) is -0.205. The third kappa shape index (κ3) is 3.62. The van der Waals surface area contributed by atoms with E-state index in [0.29, 0.717) is 17.7 Å². The van der Waals surface area contributed by atoms with Gasteiger partial charge in [0.15, 0.2) is 0 Å². The Morgan fingerprint density at radius 3 is 2.91 bits per heavy atom. The summed E-state index contributed by atoms with van der Waals surface area (Å²) in [6.07, 6.45) is 3.55. The molecule has 2 aromatic heterocycles. The first-order valence-electron chi connectivity index (χ1n) is 7.02. The second kappa shape index (κ2) is 6.86. The van der Waals surface area contributed by atoms with E-state index in [2.05, 4.69) is 10.3 Å². The molecule has 23 heavy (non-hydrogen) atoms. The zero-order valence-corrected chi connectivity index (χ0v) is 13.0. The molecule has 0 saturated carbocycles. The molecule has 0 aliphatic heterocycles. The summed E-state index contributed by atoms with van der Waals surface area (Å²) < 4.78 is 0. The maximum atomic E-state index is 12.2. The number of nitrogens with zero attached hydrogens (tertiary/aromatic N) is 2. The van der Waals surface area contributed by atoms with Gasteiger partial charge in [-0.25, -0.2) is 0 Å². The van der Waals surface area contributed by atoms with Crippen LogP contribution >= 0.6 is 11.3 Å². The van der Waals surface area contributed by atoms with Crippen molar-refractivity contribution in [2.24, 2.45) is 0 Å². The van der Waals surface area contributed by atoms with Gasteiger partial charge in [-0.05, 0) is 41.3 Å². The molecule has 0 atom stereocenters. The summed E-state index contributed by atoms with van der Waals surface area (Å²) in [4.78, 5) is 17.5. The number of hydrogen-bond acceptors (Lipinski definition) is 4. The fourth-order valence-electron chi connectivity index (χ4n) is 2.18. The second-order valence-electron chi connectivity index (χ2n) is 4.93. The maximum Gasteiger partial charge on any atom is 0.251 e. The molecule has 0 bridgehead atoms. The van der Waals surface area contributed by atoms with Gasteiger partial charge >= 0.3 is 0 Å². The lowest BCUT2D eigenvalue weighted by Crippen LogP contribution is -2.22. The Morgan fingerprint density at radius 1 is 1.22 bits per heavy atom. The van der Waals surface area contributed by atoms with Crippen molar-refractivity contribution >= 4 is 17.2 Å². The molecule has 0 aliphatic carbocycles. The number of nitriles is 1. The summed E-state index contributed by atoms with van der Waals surface area (Å²) in [6, 6.07) is 14.7. The van der Waals surface area contributed by atoms with Crippen LogP contribution in [0.15, 0.2) is 60.2 Å². The first kappa shape index (κ1) is 14.9. The molecule has 0 radical (unpaired) electrons. The van der Waals surface area contributed by atoms with E-state index in [0.717, 1.165) is 16.0 Å². The van der Waals surface area contributed by atoms with Gasteiger partial charge in [0.05, 0.1) is 11.6 Å². The number of carbonyl (C=O) groups excluding carboxylic acids is 1. The molecule has 3 aromatic rings. The Balaban J connectivity index is 1.70. The second-order valence-corrected chi connectivity index (χ2v) is 5.88. The Hall–Kier alpha value is -2.97. The minimum Gasteiger partial charge on any atom is -0.348 e. The van der Waals surface area contributed by atoms with Crippen LogP contribution in [-0.2, 0) is 6.54 Å². The zero-order valence-electron chi connectivity index (χ0n) is 12.2. The third-order valence-electron chi connectivity index (χ3n) is 3.31. The van der Waals surface area contributed by atoms with Gasteiger partial charge in [-0.2, -0.15) is 5.26 Å². The highest BCUT2D eigenvalue weighted by Gasteiger charge is 2.07. The normalized spacial score (nSPS) is 10.0. The molecule has 2 heterocycles. The molecule has 0 spiro atoms. The molecule has 112 valence electrons. The van der Waals surface area contributed by atoms with Crippen LogP contribution in [0.4, 0.5) is 0 Å². The molecule has 1 N–H and O–H groups in total. The van der Waals surface area contributed by atoms with E-state index in [-0.39, 0.29) is 5.91 Å². The lowest BCUT2D eigenvalue weighted by Gasteiger charge is -2.06. The predicted molar refractivity (Wildman–Crippen MR) is 89.9 cm³/mol. The lowest BCUT2D eigenvalue weighted by atomic mass is 10.1. The Labute approximate surface area is 138 Å². The van der Waals surface area contributed by atoms with Gasteiger partial charge in [0, 0.05) is 34.9 Å². The van der Waals surface area contributed by atoms with Crippen LogP contribution in [-0.4, -0.2) is 10.9 Å². The van der Waals surface area contributed by atoms with Gasteiger partial charge in [0.2, 0.25) is 0 Å². The van der Waals surface area contributed by atoms with Gasteiger partial charge in [-0.1, -0.05) is 12.1 Å². The van der Waals surface area contributed by atoms with Crippen molar-refractivity contribution in [3.8, 4) is 16.5 Å². The average Bonchev–Trinajstić information content (AvgIpc) is 3.14. The van der Waals surface area contributed by atoms with E-state index < -0.39 is 0 Å². The summed E-state index contributed by atoms with van der Waals surface area (Å²) in [5, 5.41) is 13.8. The number of rotatable bonds is 4. The molecular formula is C18H13N3OS. The smallest absolute Gasteiger partial charge is 0.251 e. The molecule has 1 aromatic carbocycles. The molecule has 0 aliphatic rings. The number of pyridine rings is 1. The van der Waals surface area contributed by atoms with Crippen LogP contribution in [0.25, 0.3) is 10.4 Å². The van der Waals surface area contributed by atoms with Crippen molar-refractivity contribution in [3.05, 3.63) is 76.9 Å². The number of aromatic nitrogens is 1. The Kier molecular flexibility index (Phi) is 4.46. The van der Waals surface area contributed by atoms with Crippen molar-refractivity contribution in [3.63, 3.8) is 0 Å². The topological polar surface area (TPSA) is 65.8 Å². The van der Waals surface area contributed by atoms with Gasteiger partial charge in [-0.3, -0.25) is 9.78 Å². The van der Waals surface area contributed by atoms with E-state index in [1.807, 2.05) is 35.8 Å². The molecular weight excluding hydrogens is 306 g/mol. The minimum atomic E-state index is -0.205. The van der Waals surface area contributed by atoms with Crippen molar-refractivity contribution in [2.45, 2.75) is 6.54 Å². The lowest BCUT2D eigenvalue weighted by molar-refractivity contribution is 0.0951. The van der Waals surface area contributed by atoms with Crippen molar-refractivity contribution < 1.29 is 4.79 Å². The monoisotopic (exact) mass is 319 g/mol. The summed E-state index contributed by atoms with van der Waals surface area (Å²) in [6.45, 7) is 0.391. The fraction of sp³-hybridized carbons (Fsp3) is 0.0556. The van der Waals surface area contributed by atoms with Crippen LogP contribution in [0.5, 0.6) is 0 Å². The highest BCUT2D eigenvalue weighted by Crippen LogP contribution is 2.24. The Bertz CT molecular complexity index is 866. The van der Waals surface area contributed by atoms with Crippen LogP contribution < -0.4 is 5.32 Å². The molecule has 4 nitrogen and oxygen atoms in total. The van der Waals surface area contributed by atoms with Crippen LogP contribution in [0.2, 0.25) is 0 Å². The number of thiophene rings is 1. The van der Waals surface area contributed by atoms with E-state index in [1.165, 1.54) is 0 Å². The number of nitrogens with one attached hydrogen (secondary N) is 1. The highest BCUT2D eigenvalue weighted by atomic mass is 32.1. The van der Waals surface area contributed by atoms with Crippen molar-refractivity contribution in [1.82, 2.24) is 10.3 Å². The maximum absolute atomic E-state index is 12.2. The number of carbonyl (C=O) groups is 1. The summed E-state index contributed by atoms with van der Waals surface area (Å²) >= 11 is 1.65. The SMILES string of the molecule is N#Cc1cccc(C(=O)NCc2cncc(-c3cccs3)c2)c1. The standard InChI is InChI=1S/C18H13N3OS/c19-9-13-3-1-4-15(7-13)18(22)21-11-14-8-16(12-20-10-14)17-5-2-6-23-17/h1-8,10,12H,11H2,(H,21,22). The molecule has 1 amide bonds. The first-order valence-corrected chi connectivity index (χ1v) is 7.90. The van der Waals surface area contributed by atoms with E-state index >= 15 is 0 Å². The van der Waals surface area contributed by atoms with Crippen molar-refractivity contribution in [2.75, 3.05) is 0 Å². The van der Waals surface area contributed by atoms with Gasteiger partial charge in [0.25, 0.3) is 5.91 Å². The highest BCUT2D eigenvalue weighted by molar-refractivity contribution is 7.13. The zero-order chi connectivity index (χ0) is 16.1. The number of amides is 1. The molecule has 5 heteroatoms. The first-order chi connectivity index (χ1) is 11.3. The van der Waals surface area contributed by atoms with E-state index in [9.17, 15) is 4.79 Å². The van der Waals surface area contributed by atoms with E-state index in [4.69, 9.17) is 5.26 Å². The average molecular weight is 319 g/mol. The molecule has 0 saturated heterocycles. The van der Waals surface area contributed by atoms with Gasteiger partial charge in [-0.15, -0.1) is 11.3 Å². The quantitative estimate of drug-likeness (QED) is 0.799. The van der Waals surface area contributed by atoms with Gasteiger partial charge in [0.1, 0.15) is 0 Å². The fourth-order valence-corrected chi connectivity index (χ4v) is 2.88. The molecule has 3 rings (SSSR count). The van der Waals surface area contributed by atoms with Crippen LogP contribution in [0.1, 0.15) is 21.5 Å². The predicted octanol–water partition coefficient (Wildman–Crippen LogP) is 3.61. The Morgan fingerprint density at radius 2 is 2.13 bits per heavy atom. The summed E-state index contributed by atoms with van der Waals surface area (Å²) in [5.41, 5.74) is 2.92. The number of hydrogen-bond donors (Lipinski definition) is 1. The third-order valence-corrected chi connectivity index (χ3v) is 4.23. The van der Waals surface area contributed by atoms with E-state index in [1.54, 1.807) is 41.8 Å².